The number of aryl methyl sites for hydroxylation is 1. The van der Waals surface area contributed by atoms with Gasteiger partial charge in [0.25, 0.3) is 0 Å². The molecule has 2 heterocycles. The molecule has 3 aromatic rings. The summed E-state index contributed by atoms with van der Waals surface area (Å²) in [6.45, 7) is 1.11. The molecule has 11 heteroatoms. The minimum absolute atomic E-state index is 0.149. The quantitative estimate of drug-likeness (QED) is 0.615. The van der Waals surface area contributed by atoms with E-state index < -0.39 is 34.7 Å². The Morgan fingerprint density at radius 1 is 1.06 bits per heavy atom. The van der Waals surface area contributed by atoms with Crippen LogP contribution in [0.15, 0.2) is 60.9 Å². The van der Waals surface area contributed by atoms with Crippen molar-refractivity contribution in [3.63, 3.8) is 0 Å². The van der Waals surface area contributed by atoms with Crippen molar-refractivity contribution in [2.24, 2.45) is 0 Å². The molecule has 0 spiro atoms. The van der Waals surface area contributed by atoms with Crippen molar-refractivity contribution >= 4 is 21.4 Å². The third-order valence-electron chi connectivity index (χ3n) is 5.64. The average molecular weight is 478 g/mol. The summed E-state index contributed by atoms with van der Waals surface area (Å²) in [5.74, 6) is 0.407. The van der Waals surface area contributed by atoms with Gasteiger partial charge in [0.1, 0.15) is 5.82 Å². The number of sulfonamides is 1. The molecule has 174 valence electrons. The van der Waals surface area contributed by atoms with Gasteiger partial charge in [-0.3, -0.25) is 0 Å². The average Bonchev–Trinajstić information content (AvgIpc) is 2.94. The molecule has 0 saturated carbocycles. The maximum Gasteiger partial charge on any atom is 0.511 e. The predicted octanol–water partition coefficient (Wildman–Crippen LogP) is 3.78. The molecule has 4 rings (SSSR count). The van der Waals surface area contributed by atoms with Crippen LogP contribution in [0.5, 0.6) is 0 Å². The van der Waals surface area contributed by atoms with Crippen molar-refractivity contribution < 1.29 is 21.6 Å². The molecule has 33 heavy (non-hydrogen) atoms. The first-order chi connectivity index (χ1) is 15.6. The summed E-state index contributed by atoms with van der Waals surface area (Å²) in [6, 6.07) is 13.4. The Bertz CT molecular complexity index is 1240. The minimum atomic E-state index is -5.57. The second-order valence-corrected chi connectivity index (χ2v) is 9.73. The lowest BCUT2D eigenvalue weighted by Gasteiger charge is -2.34. The van der Waals surface area contributed by atoms with Gasteiger partial charge in [0.2, 0.25) is 0 Å². The molecule has 7 nitrogen and oxygen atoms in total. The Kier molecular flexibility index (Phi) is 6.02. The van der Waals surface area contributed by atoms with Crippen molar-refractivity contribution in [3.8, 4) is 0 Å². The van der Waals surface area contributed by atoms with Crippen LogP contribution in [-0.4, -0.2) is 34.7 Å². The zero-order chi connectivity index (χ0) is 23.8. The van der Waals surface area contributed by atoms with Gasteiger partial charge in [-0.2, -0.15) is 17.5 Å². The van der Waals surface area contributed by atoms with Crippen LogP contribution in [-0.2, 0) is 23.1 Å². The van der Waals surface area contributed by atoms with E-state index in [1.807, 2.05) is 4.90 Å². The van der Waals surface area contributed by atoms with E-state index in [1.54, 1.807) is 55.5 Å². The largest absolute Gasteiger partial charge is 0.511 e. The second-order valence-electron chi connectivity index (χ2n) is 7.80. The number of benzene rings is 2. The number of nitrogens with two attached hydrogens (primary N) is 1. The Labute approximate surface area is 189 Å². The maximum atomic E-state index is 13.6. The van der Waals surface area contributed by atoms with Crippen LogP contribution in [0.3, 0.4) is 0 Å². The molecule has 2 aromatic carbocycles. The van der Waals surface area contributed by atoms with Crippen molar-refractivity contribution in [3.05, 3.63) is 83.4 Å². The first-order valence-electron chi connectivity index (χ1n) is 10.1. The fourth-order valence-corrected chi connectivity index (χ4v) is 4.88. The van der Waals surface area contributed by atoms with Gasteiger partial charge in [-0.1, -0.05) is 42.5 Å². The number of alkyl halides is 3. The molecule has 1 aromatic heterocycles. The third kappa shape index (κ3) is 4.51. The number of rotatable bonds is 4. The van der Waals surface area contributed by atoms with Crippen molar-refractivity contribution in [1.82, 2.24) is 14.3 Å². The summed E-state index contributed by atoms with van der Waals surface area (Å²) in [5, 5.41) is 0. The van der Waals surface area contributed by atoms with E-state index in [0.717, 1.165) is 0 Å². The molecular formula is C22H22F3N5O2S. The van der Waals surface area contributed by atoms with E-state index in [0.29, 0.717) is 38.2 Å². The molecular weight excluding hydrogens is 455 g/mol. The molecule has 1 aliphatic heterocycles. The fourth-order valence-electron chi connectivity index (χ4n) is 3.95. The monoisotopic (exact) mass is 477 g/mol. The van der Waals surface area contributed by atoms with E-state index in [4.69, 9.17) is 5.73 Å². The molecule has 0 fully saturated rings. The molecule has 0 bridgehead atoms. The number of halogens is 3. The Morgan fingerprint density at radius 3 is 2.36 bits per heavy atom. The van der Waals surface area contributed by atoms with Gasteiger partial charge in [0, 0.05) is 18.8 Å². The van der Waals surface area contributed by atoms with Crippen molar-refractivity contribution in [2.45, 2.75) is 31.6 Å². The van der Waals surface area contributed by atoms with Crippen LogP contribution in [0.2, 0.25) is 0 Å². The number of aromatic nitrogens is 2. The highest BCUT2D eigenvalue weighted by Crippen LogP contribution is 2.40. The SMILES string of the molecule is Cc1cccc2c1CN(S(=O)(=O)C(F)(F)F)C[C@@H](c1ccccc1)N2Cc1ncc(N)cn1. The summed E-state index contributed by atoms with van der Waals surface area (Å²) in [4.78, 5) is 10.3. The molecule has 0 amide bonds. The van der Waals surface area contributed by atoms with E-state index in [2.05, 4.69) is 9.97 Å². The Morgan fingerprint density at radius 2 is 1.73 bits per heavy atom. The number of hydrogen-bond acceptors (Lipinski definition) is 6. The summed E-state index contributed by atoms with van der Waals surface area (Å²) >= 11 is 0. The predicted molar refractivity (Wildman–Crippen MR) is 118 cm³/mol. The fraction of sp³-hybridized carbons (Fsp3) is 0.273. The van der Waals surface area contributed by atoms with Gasteiger partial charge < -0.3 is 10.6 Å². The van der Waals surface area contributed by atoms with E-state index in [1.165, 1.54) is 12.4 Å². The van der Waals surface area contributed by atoms with Gasteiger partial charge in [-0.05, 0) is 29.7 Å². The van der Waals surface area contributed by atoms with Crippen molar-refractivity contribution in [2.75, 3.05) is 17.2 Å². The second kappa shape index (κ2) is 8.64. The van der Waals surface area contributed by atoms with Crippen LogP contribution in [0.4, 0.5) is 24.5 Å². The van der Waals surface area contributed by atoms with Crippen LogP contribution in [0.25, 0.3) is 0 Å². The van der Waals surface area contributed by atoms with Gasteiger partial charge in [-0.15, -0.1) is 0 Å². The number of fused-ring (bicyclic) bond motifs is 1. The molecule has 2 N–H and O–H groups in total. The minimum Gasteiger partial charge on any atom is -0.396 e. The summed E-state index contributed by atoms with van der Waals surface area (Å²) in [5.41, 5.74) is 3.15. The number of hydrogen-bond donors (Lipinski definition) is 1. The Hall–Kier alpha value is -3.18. The van der Waals surface area contributed by atoms with E-state index >= 15 is 0 Å². The van der Waals surface area contributed by atoms with Gasteiger partial charge >= 0.3 is 15.5 Å². The first-order valence-corrected chi connectivity index (χ1v) is 11.5. The van der Waals surface area contributed by atoms with Crippen LogP contribution in [0, 0.1) is 6.92 Å². The Balaban J connectivity index is 1.90. The van der Waals surface area contributed by atoms with Crippen LogP contribution in [0.1, 0.15) is 28.6 Å². The summed E-state index contributed by atoms with van der Waals surface area (Å²) in [7, 11) is -5.57. The highest BCUT2D eigenvalue weighted by atomic mass is 32.2. The lowest BCUT2D eigenvalue weighted by atomic mass is 10.0. The van der Waals surface area contributed by atoms with E-state index in [9.17, 15) is 21.6 Å². The number of anilines is 2. The molecule has 0 saturated heterocycles. The topological polar surface area (TPSA) is 92.4 Å². The molecule has 0 aliphatic carbocycles. The lowest BCUT2D eigenvalue weighted by Crippen LogP contribution is -2.43. The highest BCUT2D eigenvalue weighted by molar-refractivity contribution is 7.89. The maximum absolute atomic E-state index is 13.6. The summed E-state index contributed by atoms with van der Waals surface area (Å²) in [6.07, 6.45) is 2.91. The highest BCUT2D eigenvalue weighted by Gasteiger charge is 2.51. The number of nitrogen functional groups attached to an aromatic ring is 1. The number of nitrogens with zero attached hydrogens (tertiary/aromatic N) is 4. The normalized spacial score (nSPS) is 17.5. The van der Waals surface area contributed by atoms with Gasteiger partial charge in [0.05, 0.1) is 30.7 Å². The lowest BCUT2D eigenvalue weighted by molar-refractivity contribution is -0.0492. The van der Waals surface area contributed by atoms with Crippen molar-refractivity contribution in [1.29, 1.82) is 0 Å². The van der Waals surface area contributed by atoms with Gasteiger partial charge in [0.15, 0.2) is 0 Å². The molecule has 0 radical (unpaired) electrons. The van der Waals surface area contributed by atoms with Gasteiger partial charge in [-0.25, -0.2) is 18.4 Å². The summed E-state index contributed by atoms with van der Waals surface area (Å²) < 4.78 is 66.2. The zero-order valence-corrected chi connectivity index (χ0v) is 18.5. The standard InChI is InChI=1S/C22H22F3N5O2S/c1-15-6-5-9-19-18(15)12-29(33(31,32)22(23,24)25)13-20(16-7-3-2-4-8-16)30(19)14-21-27-10-17(26)11-28-21/h2-11,20H,12-14,26H2,1H3/t20-/m0/s1. The van der Waals surface area contributed by atoms with Crippen LogP contribution >= 0.6 is 0 Å². The van der Waals surface area contributed by atoms with Crippen LogP contribution < -0.4 is 10.6 Å². The molecule has 1 atom stereocenters. The smallest absolute Gasteiger partial charge is 0.396 e. The molecule has 0 unspecified atom stereocenters. The van der Waals surface area contributed by atoms with E-state index in [-0.39, 0.29) is 6.54 Å². The molecule has 1 aliphatic rings. The zero-order valence-electron chi connectivity index (χ0n) is 17.7. The first kappa shape index (κ1) is 23.0. The third-order valence-corrected chi connectivity index (χ3v) is 7.18.